The van der Waals surface area contributed by atoms with Crippen LogP contribution < -0.4 is 27.2 Å². The monoisotopic (exact) mass is 930 g/mol. The first kappa shape index (κ1) is 47.7. The lowest BCUT2D eigenvalue weighted by Crippen LogP contribution is -2.46. The third kappa shape index (κ3) is 10.3. The molecular weight excluding hydrogens is 873 g/mol. The second kappa shape index (κ2) is 18.9. The third-order valence-electron chi connectivity index (χ3n) is 12.8. The minimum atomic E-state index is -4.37. The Balaban J connectivity index is 1.20. The van der Waals surface area contributed by atoms with Gasteiger partial charge in [0.15, 0.2) is 8.32 Å². The molecule has 6 atom stereocenters. The summed E-state index contributed by atoms with van der Waals surface area (Å²) in [6.45, 7) is 13.4. The van der Waals surface area contributed by atoms with Crippen LogP contribution in [0.2, 0.25) is 18.1 Å². The Morgan fingerprint density at radius 3 is 1.68 bits per heavy atom. The van der Waals surface area contributed by atoms with Crippen LogP contribution >= 0.6 is 0 Å². The number of H-pyrrole nitrogens is 2. The Kier molecular flexibility index (Phi) is 13.9. The van der Waals surface area contributed by atoms with Gasteiger partial charge < -0.3 is 23.4 Å². The molecule has 18 heteroatoms. The van der Waals surface area contributed by atoms with Crippen molar-refractivity contribution in [3.05, 3.63) is 167 Å². The summed E-state index contributed by atoms with van der Waals surface area (Å²) in [7, 11) is -5.22. The molecule has 348 valence electrons. The van der Waals surface area contributed by atoms with Gasteiger partial charge in [0.2, 0.25) is 0 Å². The quantitative estimate of drug-likeness (QED) is 0.0687. The van der Waals surface area contributed by atoms with Gasteiger partial charge >= 0.3 is 11.4 Å². The van der Waals surface area contributed by atoms with Crippen molar-refractivity contribution in [2.75, 3.05) is 19.5 Å². The van der Waals surface area contributed by atoms with Crippen molar-refractivity contribution >= 4 is 18.4 Å². The number of nitrogens with one attached hydrogen (secondary N) is 2. The van der Waals surface area contributed by atoms with Crippen molar-refractivity contribution in [2.45, 2.75) is 114 Å². The molecule has 2 saturated heterocycles. The van der Waals surface area contributed by atoms with E-state index in [2.05, 4.69) is 43.8 Å². The number of aromatic amines is 2. The lowest BCUT2D eigenvalue weighted by molar-refractivity contribution is -0.0911. The van der Waals surface area contributed by atoms with Gasteiger partial charge in [0.1, 0.15) is 36.0 Å². The lowest BCUT2D eigenvalue weighted by Gasteiger charge is -2.39. The molecule has 0 aliphatic carbocycles. The molecule has 0 bridgehead atoms. The zero-order valence-corrected chi connectivity index (χ0v) is 39.8. The average Bonchev–Trinajstić information content (AvgIpc) is 3.85. The summed E-state index contributed by atoms with van der Waals surface area (Å²) in [6.07, 6.45) is -2.47. The molecule has 2 N–H and O–H groups in total. The summed E-state index contributed by atoms with van der Waals surface area (Å²) in [6, 6.07) is 26.7. The maximum atomic E-state index is 14.2. The molecule has 3 aromatic carbocycles. The van der Waals surface area contributed by atoms with E-state index in [9.17, 15) is 27.6 Å². The normalized spacial score (nSPS) is 21.7. The van der Waals surface area contributed by atoms with Gasteiger partial charge in [0.05, 0.1) is 31.7 Å². The first-order chi connectivity index (χ1) is 30.7. The molecule has 0 spiro atoms. The number of methoxy groups -OCH3 is 1. The highest BCUT2D eigenvalue weighted by atomic mass is 32.2. The van der Waals surface area contributed by atoms with Crippen molar-refractivity contribution in [2.24, 2.45) is 0 Å². The zero-order valence-electron chi connectivity index (χ0n) is 37.9. The van der Waals surface area contributed by atoms with Crippen LogP contribution in [0.1, 0.15) is 80.3 Å². The maximum Gasteiger partial charge on any atom is 0.330 e. The van der Waals surface area contributed by atoms with E-state index in [1.807, 2.05) is 84.9 Å². The molecular formula is C47H58N4O12SSi. The van der Waals surface area contributed by atoms with Crippen LogP contribution in [0.3, 0.4) is 0 Å². The lowest BCUT2D eigenvalue weighted by atomic mass is 9.80. The molecule has 0 saturated carbocycles. The molecule has 4 heterocycles. The van der Waals surface area contributed by atoms with Gasteiger partial charge in [-0.15, -0.1) is 0 Å². The van der Waals surface area contributed by atoms with E-state index in [0.717, 1.165) is 16.7 Å². The number of aromatic nitrogens is 4. The summed E-state index contributed by atoms with van der Waals surface area (Å²) >= 11 is 0. The second-order valence-electron chi connectivity index (χ2n) is 18.2. The third-order valence-corrected chi connectivity index (χ3v) is 18.5. The first-order valence-corrected chi connectivity index (χ1v) is 26.1. The van der Waals surface area contributed by atoms with Gasteiger partial charge in [-0.05, 0) is 67.2 Å². The summed E-state index contributed by atoms with van der Waals surface area (Å²) in [5.74, 6) is 0.153. The van der Waals surface area contributed by atoms with Crippen molar-refractivity contribution in [3.63, 3.8) is 0 Å². The van der Waals surface area contributed by atoms with Gasteiger partial charge in [0.25, 0.3) is 21.2 Å². The van der Waals surface area contributed by atoms with Crippen LogP contribution in [0.15, 0.2) is 117 Å². The molecule has 7 rings (SSSR count). The number of benzene rings is 3. The summed E-state index contributed by atoms with van der Waals surface area (Å²) in [5, 5.41) is -0.190. The second-order valence-corrected chi connectivity index (χ2v) is 24.7. The van der Waals surface area contributed by atoms with Crippen LogP contribution in [0, 0.1) is 13.8 Å². The van der Waals surface area contributed by atoms with Crippen LogP contribution in [-0.2, 0) is 38.5 Å². The van der Waals surface area contributed by atoms with Gasteiger partial charge in [-0.2, -0.15) is 8.42 Å². The minimum absolute atomic E-state index is 0.0471. The molecule has 2 aliphatic rings. The first-order valence-electron chi connectivity index (χ1n) is 21.6. The fraction of sp³-hybridized carbons (Fsp3) is 0.447. The van der Waals surface area contributed by atoms with E-state index in [-0.39, 0.29) is 36.5 Å². The molecule has 65 heavy (non-hydrogen) atoms. The van der Waals surface area contributed by atoms with E-state index in [0.29, 0.717) is 11.3 Å². The van der Waals surface area contributed by atoms with E-state index in [1.165, 1.54) is 21.5 Å². The minimum Gasteiger partial charge on any atom is -0.497 e. The highest BCUT2D eigenvalue weighted by Gasteiger charge is 2.47. The Bertz CT molecular complexity index is 2760. The zero-order chi connectivity index (χ0) is 46.9. The standard InChI is InChI=1S/C47H58N4O12SSi/c1-30-27-50(44(54)48-42(30)52)40-25-37(39(61-40)29-59-47(32-15-11-9-12-16-32,33-17-13-10-14-18-33)34-19-21-35(58-6)22-20-34)62-64(56,57)24-23-36-38(63-65(7,8)46(3,4)5)26-41(60-36)51-28-31(2)43(53)49-45(51)55/h9-22,27-28,36-41H,23-26,29H2,1-8H3,(H,48,52,54)(H,49,53,55)/t36-,37+,38+,39-,40-,41-/m1/s1. The van der Waals surface area contributed by atoms with Crippen LogP contribution in [0.25, 0.3) is 0 Å². The Morgan fingerprint density at radius 1 is 0.708 bits per heavy atom. The number of nitrogens with zero attached hydrogens (tertiary/aromatic N) is 2. The Hall–Kier alpha value is -5.21. The number of hydrogen-bond acceptors (Lipinski definition) is 12. The topological polar surface area (TPSA) is 199 Å². The van der Waals surface area contributed by atoms with Crippen molar-refractivity contribution < 1.29 is 36.0 Å². The predicted octanol–water partition coefficient (Wildman–Crippen LogP) is 5.79. The van der Waals surface area contributed by atoms with Gasteiger partial charge in [-0.3, -0.25) is 32.9 Å². The summed E-state index contributed by atoms with van der Waals surface area (Å²) < 4.78 is 69.3. The van der Waals surface area contributed by atoms with E-state index >= 15 is 0 Å². The SMILES string of the molecule is COc1ccc(C(OC[C@H]2O[C@@H](n3cc(C)c(=O)[nH]c3=O)C[C@@H]2OS(=O)(=O)CC[C@H]2O[C@@H](n3cc(C)c(=O)[nH]c3=O)C[C@@H]2O[Si](C)(C)C(C)(C)C)(c2ccccc2)c2ccccc2)cc1. The van der Waals surface area contributed by atoms with Gasteiger partial charge in [-0.25, -0.2) is 9.59 Å². The molecule has 5 aromatic rings. The highest BCUT2D eigenvalue weighted by molar-refractivity contribution is 7.86. The summed E-state index contributed by atoms with van der Waals surface area (Å²) in [5.41, 5.74) is -0.782. The Morgan fingerprint density at radius 2 is 1.18 bits per heavy atom. The fourth-order valence-electron chi connectivity index (χ4n) is 8.16. The smallest absolute Gasteiger partial charge is 0.330 e. The molecule has 2 aliphatic heterocycles. The van der Waals surface area contributed by atoms with Crippen molar-refractivity contribution in [1.29, 1.82) is 0 Å². The number of aryl methyl sites for hydroxylation is 2. The Labute approximate surface area is 378 Å². The fourth-order valence-corrected chi connectivity index (χ4v) is 10.7. The number of hydrogen-bond donors (Lipinski definition) is 2. The predicted molar refractivity (Wildman–Crippen MR) is 246 cm³/mol. The van der Waals surface area contributed by atoms with Crippen molar-refractivity contribution in [1.82, 2.24) is 19.1 Å². The van der Waals surface area contributed by atoms with Crippen LogP contribution in [0.5, 0.6) is 5.75 Å². The van der Waals surface area contributed by atoms with Gasteiger partial charge in [-0.1, -0.05) is 93.6 Å². The largest absolute Gasteiger partial charge is 0.497 e. The van der Waals surface area contributed by atoms with Crippen molar-refractivity contribution in [3.8, 4) is 5.75 Å². The number of ether oxygens (including phenoxy) is 4. The molecule has 2 fully saturated rings. The molecule has 0 radical (unpaired) electrons. The van der Waals surface area contributed by atoms with E-state index < -0.39 is 89.2 Å². The summed E-state index contributed by atoms with van der Waals surface area (Å²) in [4.78, 5) is 55.4. The van der Waals surface area contributed by atoms with Crippen LogP contribution in [-0.4, -0.2) is 79.7 Å². The maximum absolute atomic E-state index is 14.2. The molecule has 16 nitrogen and oxygen atoms in total. The average molecular weight is 931 g/mol. The van der Waals surface area contributed by atoms with Crippen LogP contribution in [0.4, 0.5) is 0 Å². The highest BCUT2D eigenvalue weighted by Crippen LogP contribution is 2.44. The number of rotatable bonds is 16. The molecule has 0 unspecified atom stereocenters. The molecule has 0 amide bonds. The van der Waals surface area contributed by atoms with E-state index in [4.69, 9.17) is 27.6 Å². The van der Waals surface area contributed by atoms with Gasteiger partial charge in [0, 0.05) is 36.4 Å². The van der Waals surface area contributed by atoms with E-state index in [1.54, 1.807) is 21.0 Å². The molecule has 2 aromatic heterocycles.